The molecule has 0 fully saturated rings. The van der Waals surface area contributed by atoms with Crippen molar-refractivity contribution in [3.05, 3.63) is 22.0 Å². The molecule has 0 saturated heterocycles. The second kappa shape index (κ2) is 7.12. The molecule has 1 N–H and O–H groups in total. The average Bonchev–Trinajstić information content (AvgIpc) is 3.02. The van der Waals surface area contributed by atoms with Crippen LogP contribution in [0, 0.1) is 5.92 Å². The standard InChI is InChI=1S/C14H21N3S2/c1-4-11-6-8-18-13(11)14-17-16-12(19-14)5-7-15-9-10(2)3/h6,8,10,15H,4-5,7,9H2,1-3H3. The number of nitrogens with zero attached hydrogens (tertiary/aromatic N) is 2. The Morgan fingerprint density at radius 1 is 1.32 bits per heavy atom. The zero-order valence-corrected chi connectivity index (χ0v) is 13.4. The predicted octanol–water partition coefficient (Wildman–Crippen LogP) is 3.62. The van der Waals surface area contributed by atoms with Gasteiger partial charge in [0.05, 0.1) is 4.88 Å². The van der Waals surface area contributed by atoms with Gasteiger partial charge < -0.3 is 5.32 Å². The van der Waals surface area contributed by atoms with Gasteiger partial charge in [0.15, 0.2) is 5.01 Å². The van der Waals surface area contributed by atoms with Gasteiger partial charge in [-0.2, -0.15) is 0 Å². The Bertz CT molecular complexity index is 502. The minimum Gasteiger partial charge on any atom is -0.316 e. The van der Waals surface area contributed by atoms with E-state index in [1.807, 2.05) is 0 Å². The normalized spacial score (nSPS) is 11.4. The average molecular weight is 295 g/mol. The van der Waals surface area contributed by atoms with Crippen LogP contribution >= 0.6 is 22.7 Å². The first kappa shape index (κ1) is 14.6. The van der Waals surface area contributed by atoms with Crippen LogP contribution in [0.2, 0.25) is 0 Å². The fourth-order valence-corrected chi connectivity index (χ4v) is 3.79. The molecule has 0 aliphatic carbocycles. The summed E-state index contributed by atoms with van der Waals surface area (Å²) < 4.78 is 0. The minimum absolute atomic E-state index is 0.697. The first-order valence-corrected chi connectivity index (χ1v) is 8.50. The van der Waals surface area contributed by atoms with Gasteiger partial charge in [0.2, 0.25) is 0 Å². The summed E-state index contributed by atoms with van der Waals surface area (Å²) in [5.74, 6) is 0.697. The van der Waals surface area contributed by atoms with Crippen molar-refractivity contribution in [2.75, 3.05) is 13.1 Å². The van der Waals surface area contributed by atoms with Gasteiger partial charge in [-0.05, 0) is 35.9 Å². The van der Waals surface area contributed by atoms with Crippen molar-refractivity contribution in [3.8, 4) is 9.88 Å². The second-order valence-electron chi connectivity index (χ2n) is 4.98. The smallest absolute Gasteiger partial charge is 0.158 e. The van der Waals surface area contributed by atoms with E-state index >= 15 is 0 Å². The summed E-state index contributed by atoms with van der Waals surface area (Å²) in [4.78, 5) is 1.29. The van der Waals surface area contributed by atoms with E-state index in [4.69, 9.17) is 0 Å². The summed E-state index contributed by atoms with van der Waals surface area (Å²) in [7, 11) is 0. The second-order valence-corrected chi connectivity index (χ2v) is 6.96. The fraction of sp³-hybridized carbons (Fsp3) is 0.571. The van der Waals surface area contributed by atoms with Crippen LogP contribution in [0.25, 0.3) is 9.88 Å². The molecule has 0 amide bonds. The SMILES string of the molecule is CCc1ccsc1-c1nnc(CCNCC(C)C)s1. The first-order valence-electron chi connectivity index (χ1n) is 6.80. The van der Waals surface area contributed by atoms with Gasteiger partial charge in [-0.1, -0.05) is 32.1 Å². The summed E-state index contributed by atoms with van der Waals surface area (Å²) in [5.41, 5.74) is 1.38. The number of nitrogens with one attached hydrogen (secondary N) is 1. The molecule has 0 unspecified atom stereocenters. The van der Waals surface area contributed by atoms with Crippen LogP contribution in [0.3, 0.4) is 0 Å². The Labute approximate surface area is 123 Å². The third kappa shape index (κ3) is 4.09. The molecule has 0 aliphatic rings. The number of hydrogen-bond acceptors (Lipinski definition) is 5. The Hall–Kier alpha value is -0.780. The molecule has 2 rings (SSSR count). The van der Waals surface area contributed by atoms with E-state index < -0.39 is 0 Å². The van der Waals surface area contributed by atoms with Crippen molar-refractivity contribution in [2.45, 2.75) is 33.6 Å². The fourth-order valence-electron chi connectivity index (χ4n) is 1.83. The summed E-state index contributed by atoms with van der Waals surface area (Å²) in [6, 6.07) is 2.19. The summed E-state index contributed by atoms with van der Waals surface area (Å²) >= 11 is 3.49. The molecule has 0 aromatic carbocycles. The Kier molecular flexibility index (Phi) is 5.48. The van der Waals surface area contributed by atoms with Crippen LogP contribution in [-0.2, 0) is 12.8 Å². The molecule has 0 spiro atoms. The van der Waals surface area contributed by atoms with Crippen LogP contribution in [0.4, 0.5) is 0 Å². The summed E-state index contributed by atoms with van der Waals surface area (Å²) in [6.45, 7) is 8.68. The highest BCUT2D eigenvalue weighted by Crippen LogP contribution is 2.32. The zero-order chi connectivity index (χ0) is 13.7. The number of aromatic nitrogens is 2. The topological polar surface area (TPSA) is 37.8 Å². The van der Waals surface area contributed by atoms with Crippen molar-refractivity contribution < 1.29 is 0 Å². The maximum absolute atomic E-state index is 4.33. The van der Waals surface area contributed by atoms with Gasteiger partial charge in [0.1, 0.15) is 5.01 Å². The van der Waals surface area contributed by atoms with Gasteiger partial charge in [-0.3, -0.25) is 0 Å². The molecule has 5 heteroatoms. The lowest BCUT2D eigenvalue weighted by Gasteiger charge is -2.05. The van der Waals surface area contributed by atoms with Gasteiger partial charge >= 0.3 is 0 Å². The Morgan fingerprint density at radius 3 is 2.89 bits per heavy atom. The van der Waals surface area contributed by atoms with E-state index in [9.17, 15) is 0 Å². The molecule has 3 nitrogen and oxygen atoms in total. The first-order chi connectivity index (χ1) is 9.20. The van der Waals surface area contributed by atoms with Crippen LogP contribution in [0.15, 0.2) is 11.4 Å². The molecular weight excluding hydrogens is 274 g/mol. The Morgan fingerprint density at radius 2 is 2.16 bits per heavy atom. The lowest BCUT2D eigenvalue weighted by molar-refractivity contribution is 0.553. The quantitative estimate of drug-likeness (QED) is 0.793. The molecule has 2 heterocycles. The van der Waals surface area contributed by atoms with E-state index in [0.29, 0.717) is 5.92 Å². The highest BCUT2D eigenvalue weighted by atomic mass is 32.1. The maximum Gasteiger partial charge on any atom is 0.158 e. The van der Waals surface area contributed by atoms with Crippen LogP contribution in [0.5, 0.6) is 0 Å². The van der Waals surface area contributed by atoms with Crippen molar-refractivity contribution in [2.24, 2.45) is 5.92 Å². The van der Waals surface area contributed by atoms with Crippen LogP contribution in [-0.4, -0.2) is 23.3 Å². The van der Waals surface area contributed by atoms with E-state index in [1.165, 1.54) is 10.4 Å². The Balaban J connectivity index is 1.92. The molecule has 0 saturated carbocycles. The molecular formula is C14H21N3S2. The van der Waals surface area contributed by atoms with Crippen molar-refractivity contribution >= 4 is 22.7 Å². The largest absolute Gasteiger partial charge is 0.316 e. The van der Waals surface area contributed by atoms with Gasteiger partial charge in [-0.15, -0.1) is 21.5 Å². The zero-order valence-electron chi connectivity index (χ0n) is 11.8. The molecule has 0 bridgehead atoms. The third-order valence-electron chi connectivity index (χ3n) is 2.86. The third-order valence-corrected chi connectivity index (χ3v) is 4.95. The monoisotopic (exact) mass is 295 g/mol. The number of hydrogen-bond donors (Lipinski definition) is 1. The van der Waals surface area contributed by atoms with Gasteiger partial charge in [0, 0.05) is 13.0 Å². The highest BCUT2D eigenvalue weighted by molar-refractivity contribution is 7.20. The number of thiophene rings is 1. The number of rotatable bonds is 7. The predicted molar refractivity (Wildman–Crippen MR) is 84.0 cm³/mol. The molecule has 0 atom stereocenters. The molecule has 2 aromatic rings. The minimum atomic E-state index is 0.697. The molecule has 19 heavy (non-hydrogen) atoms. The maximum atomic E-state index is 4.33. The summed E-state index contributed by atoms with van der Waals surface area (Å²) in [6.07, 6.45) is 2.03. The number of aryl methyl sites for hydroxylation is 1. The van der Waals surface area contributed by atoms with Crippen molar-refractivity contribution in [3.63, 3.8) is 0 Å². The van der Waals surface area contributed by atoms with Crippen LogP contribution < -0.4 is 5.32 Å². The van der Waals surface area contributed by atoms with E-state index in [2.05, 4.69) is 47.7 Å². The van der Waals surface area contributed by atoms with Crippen molar-refractivity contribution in [1.29, 1.82) is 0 Å². The van der Waals surface area contributed by atoms with Gasteiger partial charge in [0.25, 0.3) is 0 Å². The van der Waals surface area contributed by atoms with Crippen LogP contribution in [0.1, 0.15) is 31.3 Å². The molecule has 2 aromatic heterocycles. The molecule has 0 radical (unpaired) electrons. The lowest BCUT2D eigenvalue weighted by atomic mass is 10.2. The highest BCUT2D eigenvalue weighted by Gasteiger charge is 2.11. The summed E-state index contributed by atoms with van der Waals surface area (Å²) in [5, 5.41) is 16.4. The molecule has 104 valence electrons. The van der Waals surface area contributed by atoms with Gasteiger partial charge in [-0.25, -0.2) is 0 Å². The van der Waals surface area contributed by atoms with E-state index in [1.54, 1.807) is 22.7 Å². The van der Waals surface area contributed by atoms with Crippen molar-refractivity contribution in [1.82, 2.24) is 15.5 Å². The molecule has 0 aliphatic heterocycles. The van der Waals surface area contributed by atoms with E-state index in [-0.39, 0.29) is 0 Å². The van der Waals surface area contributed by atoms with E-state index in [0.717, 1.165) is 35.9 Å². The lowest BCUT2D eigenvalue weighted by Crippen LogP contribution is -2.22.